The van der Waals surface area contributed by atoms with Crippen LogP contribution >= 0.6 is 12.2 Å². The SMILES string of the molecule is Cc1ccccc1NC(=S)NC(=O)c1ccco1. The molecule has 0 aliphatic heterocycles. The lowest BCUT2D eigenvalue weighted by atomic mass is 10.2. The second kappa shape index (κ2) is 5.46. The van der Waals surface area contributed by atoms with E-state index in [2.05, 4.69) is 10.6 Å². The summed E-state index contributed by atoms with van der Waals surface area (Å²) in [4.78, 5) is 11.7. The van der Waals surface area contributed by atoms with Crippen molar-refractivity contribution >= 4 is 28.9 Å². The second-order valence-corrected chi connectivity index (χ2v) is 4.11. The number of hydrogen-bond donors (Lipinski definition) is 2. The van der Waals surface area contributed by atoms with Gasteiger partial charge in [0.15, 0.2) is 10.9 Å². The van der Waals surface area contributed by atoms with E-state index in [4.69, 9.17) is 16.6 Å². The summed E-state index contributed by atoms with van der Waals surface area (Å²) in [6.45, 7) is 1.96. The summed E-state index contributed by atoms with van der Waals surface area (Å²) in [6.07, 6.45) is 1.44. The van der Waals surface area contributed by atoms with Gasteiger partial charge in [0.05, 0.1) is 6.26 Å². The lowest BCUT2D eigenvalue weighted by Crippen LogP contribution is -2.34. The zero-order chi connectivity index (χ0) is 13.0. The molecule has 0 saturated heterocycles. The third-order valence-corrected chi connectivity index (χ3v) is 2.57. The van der Waals surface area contributed by atoms with E-state index >= 15 is 0 Å². The van der Waals surface area contributed by atoms with Crippen molar-refractivity contribution in [3.8, 4) is 0 Å². The van der Waals surface area contributed by atoms with Gasteiger partial charge in [0.25, 0.3) is 5.91 Å². The van der Waals surface area contributed by atoms with Gasteiger partial charge in [0.2, 0.25) is 0 Å². The minimum atomic E-state index is -0.369. The Morgan fingerprint density at radius 1 is 1.22 bits per heavy atom. The van der Waals surface area contributed by atoms with E-state index in [1.807, 2.05) is 31.2 Å². The van der Waals surface area contributed by atoms with Crippen LogP contribution < -0.4 is 10.6 Å². The molecular weight excluding hydrogens is 248 g/mol. The first-order valence-electron chi connectivity index (χ1n) is 5.38. The molecule has 0 aliphatic rings. The molecule has 1 aromatic heterocycles. The van der Waals surface area contributed by atoms with E-state index in [0.29, 0.717) is 0 Å². The van der Waals surface area contributed by atoms with Gasteiger partial charge in [-0.1, -0.05) is 18.2 Å². The molecule has 0 spiro atoms. The monoisotopic (exact) mass is 260 g/mol. The van der Waals surface area contributed by atoms with E-state index < -0.39 is 0 Å². The number of furan rings is 1. The van der Waals surface area contributed by atoms with E-state index in [1.165, 1.54) is 6.26 Å². The molecule has 0 radical (unpaired) electrons. The number of amides is 1. The van der Waals surface area contributed by atoms with Gasteiger partial charge in [0.1, 0.15) is 0 Å². The van der Waals surface area contributed by atoms with Crippen molar-refractivity contribution < 1.29 is 9.21 Å². The Balaban J connectivity index is 1.98. The number of hydrogen-bond acceptors (Lipinski definition) is 3. The van der Waals surface area contributed by atoms with Crippen LogP contribution in [0.3, 0.4) is 0 Å². The summed E-state index contributed by atoms with van der Waals surface area (Å²) in [5.41, 5.74) is 1.91. The summed E-state index contributed by atoms with van der Waals surface area (Å²) in [5, 5.41) is 5.75. The minimum absolute atomic E-state index is 0.226. The number of carbonyl (C=O) groups is 1. The number of rotatable bonds is 2. The molecule has 1 amide bonds. The fourth-order valence-corrected chi connectivity index (χ4v) is 1.64. The number of thiocarbonyl (C=S) groups is 1. The van der Waals surface area contributed by atoms with Crippen LogP contribution in [0.25, 0.3) is 0 Å². The third-order valence-electron chi connectivity index (χ3n) is 2.37. The third kappa shape index (κ3) is 2.95. The largest absolute Gasteiger partial charge is 0.459 e. The fraction of sp³-hybridized carbons (Fsp3) is 0.0769. The maximum absolute atomic E-state index is 11.7. The van der Waals surface area contributed by atoms with Gasteiger partial charge in [-0.15, -0.1) is 0 Å². The smallest absolute Gasteiger partial charge is 0.293 e. The molecular formula is C13H12N2O2S. The Morgan fingerprint density at radius 2 is 2.00 bits per heavy atom. The number of nitrogens with one attached hydrogen (secondary N) is 2. The Morgan fingerprint density at radius 3 is 2.67 bits per heavy atom. The lowest BCUT2D eigenvalue weighted by Gasteiger charge is -2.10. The summed E-state index contributed by atoms with van der Waals surface area (Å²) in [6, 6.07) is 10.9. The maximum Gasteiger partial charge on any atom is 0.293 e. The molecule has 2 N–H and O–H groups in total. The van der Waals surface area contributed by atoms with Crippen LogP contribution in [-0.2, 0) is 0 Å². The van der Waals surface area contributed by atoms with Crippen LogP contribution in [-0.4, -0.2) is 11.0 Å². The fourth-order valence-electron chi connectivity index (χ4n) is 1.44. The number of anilines is 1. The van der Waals surface area contributed by atoms with Crippen molar-refractivity contribution in [1.29, 1.82) is 0 Å². The van der Waals surface area contributed by atoms with Crippen LogP contribution in [0.1, 0.15) is 16.1 Å². The number of para-hydroxylation sites is 1. The van der Waals surface area contributed by atoms with E-state index in [0.717, 1.165) is 11.3 Å². The van der Waals surface area contributed by atoms with E-state index in [9.17, 15) is 4.79 Å². The Labute approximate surface area is 110 Å². The first-order valence-corrected chi connectivity index (χ1v) is 5.79. The van der Waals surface area contributed by atoms with Gasteiger partial charge in [-0.05, 0) is 42.9 Å². The highest BCUT2D eigenvalue weighted by atomic mass is 32.1. The van der Waals surface area contributed by atoms with Crippen LogP contribution in [0, 0.1) is 6.92 Å². The van der Waals surface area contributed by atoms with E-state index in [1.54, 1.807) is 12.1 Å². The first kappa shape index (κ1) is 12.3. The van der Waals surface area contributed by atoms with Crippen molar-refractivity contribution in [3.05, 3.63) is 54.0 Å². The Kier molecular flexibility index (Phi) is 3.74. The van der Waals surface area contributed by atoms with Crippen LogP contribution in [0.2, 0.25) is 0 Å². The molecule has 2 aromatic rings. The predicted molar refractivity (Wildman–Crippen MR) is 73.6 cm³/mol. The van der Waals surface area contributed by atoms with Crippen molar-refractivity contribution in [2.75, 3.05) is 5.32 Å². The highest BCUT2D eigenvalue weighted by molar-refractivity contribution is 7.80. The zero-order valence-corrected chi connectivity index (χ0v) is 10.6. The molecule has 0 saturated carbocycles. The van der Waals surface area contributed by atoms with Gasteiger partial charge in [-0.25, -0.2) is 0 Å². The number of aryl methyl sites for hydroxylation is 1. The molecule has 0 fully saturated rings. The first-order chi connectivity index (χ1) is 8.66. The van der Waals surface area contributed by atoms with Crippen LogP contribution in [0.4, 0.5) is 5.69 Å². The molecule has 18 heavy (non-hydrogen) atoms. The number of carbonyl (C=O) groups excluding carboxylic acids is 1. The van der Waals surface area contributed by atoms with Crippen molar-refractivity contribution in [2.45, 2.75) is 6.92 Å². The molecule has 1 aromatic carbocycles. The standard InChI is InChI=1S/C13H12N2O2S/c1-9-5-2-3-6-10(9)14-13(18)15-12(16)11-7-4-8-17-11/h2-8H,1H3,(H2,14,15,16,18). The molecule has 5 heteroatoms. The molecule has 4 nitrogen and oxygen atoms in total. The Bertz CT molecular complexity index is 564. The summed E-state index contributed by atoms with van der Waals surface area (Å²) >= 11 is 5.06. The van der Waals surface area contributed by atoms with Gasteiger partial charge < -0.3 is 9.73 Å². The molecule has 2 rings (SSSR count). The molecule has 0 bridgehead atoms. The average Bonchev–Trinajstić information content (AvgIpc) is 2.85. The second-order valence-electron chi connectivity index (χ2n) is 3.70. The molecule has 0 aliphatic carbocycles. The van der Waals surface area contributed by atoms with Gasteiger partial charge in [-0.3, -0.25) is 10.1 Å². The molecule has 92 valence electrons. The maximum atomic E-state index is 11.7. The normalized spacial score (nSPS) is 9.83. The highest BCUT2D eigenvalue weighted by Gasteiger charge is 2.10. The number of benzene rings is 1. The zero-order valence-electron chi connectivity index (χ0n) is 9.77. The summed E-state index contributed by atoms with van der Waals surface area (Å²) in [5.74, 6) is -0.144. The van der Waals surface area contributed by atoms with Crippen molar-refractivity contribution in [2.24, 2.45) is 0 Å². The van der Waals surface area contributed by atoms with Crippen LogP contribution in [0.5, 0.6) is 0 Å². The van der Waals surface area contributed by atoms with Gasteiger partial charge >= 0.3 is 0 Å². The van der Waals surface area contributed by atoms with Gasteiger partial charge in [0, 0.05) is 5.69 Å². The Hall–Kier alpha value is -2.14. The summed E-state index contributed by atoms with van der Waals surface area (Å²) < 4.78 is 4.97. The summed E-state index contributed by atoms with van der Waals surface area (Å²) in [7, 11) is 0. The lowest BCUT2D eigenvalue weighted by molar-refractivity contribution is 0.0950. The molecule has 1 heterocycles. The quantitative estimate of drug-likeness (QED) is 0.815. The molecule has 0 atom stereocenters. The van der Waals surface area contributed by atoms with Crippen LogP contribution in [0.15, 0.2) is 47.1 Å². The average molecular weight is 260 g/mol. The predicted octanol–water partition coefficient (Wildman–Crippen LogP) is 2.71. The highest BCUT2D eigenvalue weighted by Crippen LogP contribution is 2.12. The van der Waals surface area contributed by atoms with Crippen molar-refractivity contribution in [1.82, 2.24) is 5.32 Å². The van der Waals surface area contributed by atoms with Gasteiger partial charge in [-0.2, -0.15) is 0 Å². The molecule has 0 unspecified atom stereocenters. The van der Waals surface area contributed by atoms with Crippen molar-refractivity contribution in [3.63, 3.8) is 0 Å². The minimum Gasteiger partial charge on any atom is -0.459 e. The van der Waals surface area contributed by atoms with E-state index in [-0.39, 0.29) is 16.8 Å². The topological polar surface area (TPSA) is 54.3 Å².